The molecule has 1 unspecified atom stereocenters. The molecule has 0 spiro atoms. The van der Waals surface area contributed by atoms with Gasteiger partial charge in [0.15, 0.2) is 0 Å². The Morgan fingerprint density at radius 3 is 2.80 bits per heavy atom. The highest BCUT2D eigenvalue weighted by molar-refractivity contribution is 7.89. The van der Waals surface area contributed by atoms with E-state index < -0.39 is 10.0 Å². The maximum Gasteiger partial charge on any atom is 0.251 e. The normalized spacial score (nSPS) is 17.0. The summed E-state index contributed by atoms with van der Waals surface area (Å²) in [4.78, 5) is 13.3. The molecule has 1 atom stereocenters. The minimum absolute atomic E-state index is 0. The van der Waals surface area contributed by atoms with E-state index in [9.17, 15) is 13.2 Å². The number of carbonyl (C=O) groups is 1. The number of hydrogen-bond donors (Lipinski definition) is 3. The SMILES string of the molecule is Cl.O=C(NC1CCNC1)c1cccc(S(=O)(=O)NCc2cccs2)c1. The third-order valence-corrected chi connectivity index (χ3v) is 6.09. The Labute approximate surface area is 157 Å². The van der Waals surface area contributed by atoms with E-state index in [1.165, 1.54) is 23.5 Å². The van der Waals surface area contributed by atoms with Crippen molar-refractivity contribution >= 4 is 39.7 Å². The van der Waals surface area contributed by atoms with E-state index in [1.807, 2.05) is 17.5 Å². The second-order valence-corrected chi connectivity index (χ2v) is 8.39. The van der Waals surface area contributed by atoms with Gasteiger partial charge >= 0.3 is 0 Å². The zero-order valence-corrected chi connectivity index (χ0v) is 15.8. The smallest absolute Gasteiger partial charge is 0.251 e. The lowest BCUT2D eigenvalue weighted by Crippen LogP contribution is -2.36. The van der Waals surface area contributed by atoms with Gasteiger partial charge in [-0.2, -0.15) is 0 Å². The highest BCUT2D eigenvalue weighted by Gasteiger charge is 2.20. The van der Waals surface area contributed by atoms with Crippen LogP contribution in [0.2, 0.25) is 0 Å². The van der Waals surface area contributed by atoms with Crippen LogP contribution in [0.5, 0.6) is 0 Å². The molecule has 2 aromatic rings. The van der Waals surface area contributed by atoms with Crippen LogP contribution in [0.4, 0.5) is 0 Å². The van der Waals surface area contributed by atoms with Gasteiger partial charge in [0.05, 0.1) is 4.90 Å². The van der Waals surface area contributed by atoms with Crippen molar-refractivity contribution in [2.45, 2.75) is 23.9 Å². The summed E-state index contributed by atoms with van der Waals surface area (Å²) in [6.07, 6.45) is 0.881. The number of amides is 1. The number of nitrogens with one attached hydrogen (secondary N) is 3. The minimum Gasteiger partial charge on any atom is -0.348 e. The molecule has 0 bridgehead atoms. The molecule has 25 heavy (non-hydrogen) atoms. The number of benzene rings is 1. The van der Waals surface area contributed by atoms with Gasteiger partial charge in [-0.15, -0.1) is 23.7 Å². The van der Waals surface area contributed by atoms with Crippen LogP contribution in [-0.4, -0.2) is 33.5 Å². The lowest BCUT2D eigenvalue weighted by atomic mass is 10.2. The standard InChI is InChI=1S/C16H19N3O3S2.ClH/c20-16(19-13-6-7-17-10-13)12-3-1-5-15(9-12)24(21,22)18-11-14-4-2-8-23-14;/h1-5,8-9,13,17-18H,6-7,10-11H2,(H,19,20);1H. The summed E-state index contributed by atoms with van der Waals surface area (Å²) in [6, 6.07) is 9.94. The van der Waals surface area contributed by atoms with Gasteiger partial charge in [-0.05, 0) is 42.6 Å². The zero-order valence-electron chi connectivity index (χ0n) is 13.4. The van der Waals surface area contributed by atoms with Crippen molar-refractivity contribution in [3.05, 3.63) is 52.2 Å². The van der Waals surface area contributed by atoms with Gasteiger partial charge in [0.1, 0.15) is 0 Å². The molecule has 0 radical (unpaired) electrons. The van der Waals surface area contributed by atoms with E-state index in [0.29, 0.717) is 5.56 Å². The number of carbonyl (C=O) groups excluding carboxylic acids is 1. The fourth-order valence-electron chi connectivity index (χ4n) is 2.51. The number of sulfonamides is 1. The van der Waals surface area contributed by atoms with Crippen LogP contribution in [0.3, 0.4) is 0 Å². The predicted octanol–water partition coefficient (Wildman–Crippen LogP) is 1.74. The molecule has 1 aromatic carbocycles. The van der Waals surface area contributed by atoms with Gasteiger partial charge in [0.2, 0.25) is 10.0 Å². The third-order valence-electron chi connectivity index (χ3n) is 3.82. The van der Waals surface area contributed by atoms with Crippen molar-refractivity contribution in [3.63, 3.8) is 0 Å². The van der Waals surface area contributed by atoms with Gasteiger partial charge in [-0.25, -0.2) is 13.1 Å². The van der Waals surface area contributed by atoms with Crippen LogP contribution >= 0.6 is 23.7 Å². The van der Waals surface area contributed by atoms with Crippen molar-refractivity contribution < 1.29 is 13.2 Å². The second kappa shape index (κ2) is 8.77. The summed E-state index contributed by atoms with van der Waals surface area (Å²) in [5, 5.41) is 7.98. The van der Waals surface area contributed by atoms with Crippen molar-refractivity contribution in [2.24, 2.45) is 0 Å². The molecule has 1 aliphatic heterocycles. The van der Waals surface area contributed by atoms with E-state index in [0.717, 1.165) is 24.4 Å². The number of hydrogen-bond acceptors (Lipinski definition) is 5. The topological polar surface area (TPSA) is 87.3 Å². The van der Waals surface area contributed by atoms with E-state index >= 15 is 0 Å². The summed E-state index contributed by atoms with van der Waals surface area (Å²) in [6.45, 7) is 1.86. The molecular formula is C16H20ClN3O3S2. The van der Waals surface area contributed by atoms with Gasteiger partial charge in [0.25, 0.3) is 5.91 Å². The first-order valence-electron chi connectivity index (χ1n) is 7.68. The van der Waals surface area contributed by atoms with Gasteiger partial charge in [0, 0.05) is 29.6 Å². The summed E-state index contributed by atoms with van der Waals surface area (Å²) in [5.41, 5.74) is 0.348. The molecule has 1 amide bonds. The quantitative estimate of drug-likeness (QED) is 0.688. The first-order chi connectivity index (χ1) is 11.5. The summed E-state index contributed by atoms with van der Waals surface area (Å²) in [7, 11) is -3.66. The third kappa shape index (κ3) is 5.26. The maximum atomic E-state index is 12.4. The molecule has 1 aliphatic rings. The van der Waals surface area contributed by atoms with Crippen LogP contribution in [-0.2, 0) is 16.6 Å². The highest BCUT2D eigenvalue weighted by atomic mass is 35.5. The number of thiophene rings is 1. The number of halogens is 1. The minimum atomic E-state index is -3.66. The molecule has 9 heteroatoms. The molecule has 1 aromatic heterocycles. The Morgan fingerprint density at radius 2 is 2.12 bits per heavy atom. The van der Waals surface area contributed by atoms with Crippen LogP contribution in [0.25, 0.3) is 0 Å². The van der Waals surface area contributed by atoms with Crippen molar-refractivity contribution in [2.75, 3.05) is 13.1 Å². The van der Waals surface area contributed by atoms with Crippen molar-refractivity contribution in [3.8, 4) is 0 Å². The molecular weight excluding hydrogens is 382 g/mol. The lowest BCUT2D eigenvalue weighted by Gasteiger charge is -2.12. The average Bonchev–Trinajstić information content (AvgIpc) is 3.27. The Bertz CT molecular complexity index is 804. The lowest BCUT2D eigenvalue weighted by molar-refractivity contribution is 0.0940. The van der Waals surface area contributed by atoms with Gasteiger partial charge < -0.3 is 10.6 Å². The fourth-order valence-corrected chi connectivity index (χ4v) is 4.30. The molecule has 1 saturated heterocycles. The first-order valence-corrected chi connectivity index (χ1v) is 10.0. The summed E-state index contributed by atoms with van der Waals surface area (Å²) >= 11 is 1.49. The largest absolute Gasteiger partial charge is 0.348 e. The monoisotopic (exact) mass is 401 g/mol. The zero-order chi connectivity index (χ0) is 17.0. The molecule has 3 rings (SSSR count). The fraction of sp³-hybridized carbons (Fsp3) is 0.312. The first kappa shape index (κ1) is 19.9. The molecule has 0 aliphatic carbocycles. The van der Waals surface area contributed by atoms with Crippen molar-refractivity contribution in [1.82, 2.24) is 15.4 Å². The second-order valence-electron chi connectivity index (χ2n) is 5.59. The van der Waals surface area contributed by atoms with Gasteiger partial charge in [-0.1, -0.05) is 12.1 Å². The van der Waals surface area contributed by atoms with Crippen LogP contribution in [0, 0.1) is 0 Å². The average molecular weight is 402 g/mol. The Kier molecular flexibility index (Phi) is 6.97. The number of rotatable bonds is 6. The Hall–Kier alpha value is -1.45. The highest BCUT2D eigenvalue weighted by Crippen LogP contribution is 2.14. The molecule has 1 fully saturated rings. The van der Waals surface area contributed by atoms with Crippen LogP contribution < -0.4 is 15.4 Å². The molecule has 136 valence electrons. The molecule has 6 nitrogen and oxygen atoms in total. The van der Waals surface area contributed by atoms with Crippen LogP contribution in [0.1, 0.15) is 21.7 Å². The van der Waals surface area contributed by atoms with Gasteiger partial charge in [-0.3, -0.25) is 4.79 Å². The van der Waals surface area contributed by atoms with Crippen molar-refractivity contribution in [1.29, 1.82) is 0 Å². The predicted molar refractivity (Wildman–Crippen MR) is 101 cm³/mol. The Morgan fingerprint density at radius 1 is 1.28 bits per heavy atom. The maximum absolute atomic E-state index is 12.4. The molecule has 3 N–H and O–H groups in total. The Balaban J connectivity index is 0.00000225. The van der Waals surface area contributed by atoms with E-state index in [4.69, 9.17) is 0 Å². The van der Waals surface area contributed by atoms with E-state index in [-0.39, 0.29) is 35.8 Å². The summed E-state index contributed by atoms with van der Waals surface area (Å²) in [5.74, 6) is -0.251. The summed E-state index contributed by atoms with van der Waals surface area (Å²) < 4.78 is 27.4. The van der Waals surface area contributed by atoms with E-state index in [2.05, 4.69) is 15.4 Å². The van der Waals surface area contributed by atoms with Crippen LogP contribution in [0.15, 0.2) is 46.7 Å². The molecule has 0 saturated carbocycles. The van der Waals surface area contributed by atoms with E-state index in [1.54, 1.807) is 12.1 Å². The molecule has 2 heterocycles.